The number of amides is 1. The van der Waals surface area contributed by atoms with Gasteiger partial charge in [0, 0.05) is 36.6 Å². The molecule has 3 aromatic rings. The summed E-state index contributed by atoms with van der Waals surface area (Å²) in [5.41, 5.74) is 0.579. The van der Waals surface area contributed by atoms with Crippen LogP contribution in [0.4, 0.5) is 4.39 Å². The number of ketones is 1. The van der Waals surface area contributed by atoms with Gasteiger partial charge in [-0.1, -0.05) is 12.1 Å². The second kappa shape index (κ2) is 11.8. The third-order valence-corrected chi connectivity index (χ3v) is 6.39. The van der Waals surface area contributed by atoms with E-state index in [-0.39, 0.29) is 34.1 Å². The number of likely N-dealkylation sites (N-methyl/N-ethyl adjacent to an activating group) is 1. The van der Waals surface area contributed by atoms with Crippen molar-refractivity contribution in [3.05, 3.63) is 89.0 Å². The van der Waals surface area contributed by atoms with E-state index >= 15 is 0 Å². The van der Waals surface area contributed by atoms with Crippen LogP contribution in [0.5, 0.6) is 11.5 Å². The maximum absolute atomic E-state index is 14.9. The van der Waals surface area contributed by atoms with Crippen molar-refractivity contribution in [3.8, 4) is 11.5 Å². The second-order valence-electron chi connectivity index (χ2n) is 8.88. The number of benzene rings is 2. The second-order valence-corrected chi connectivity index (χ2v) is 8.88. The number of carbonyl (C=O) groups excluding carboxylic acids is 3. The molecule has 9 nitrogen and oxygen atoms in total. The Kier molecular flexibility index (Phi) is 8.32. The fourth-order valence-electron chi connectivity index (χ4n) is 4.31. The molecule has 1 aliphatic heterocycles. The number of rotatable bonds is 8. The first-order valence-electron chi connectivity index (χ1n) is 12.0. The fraction of sp³-hybridized carbons (Fsp3) is 0.286. The first kappa shape index (κ1) is 26.7. The number of hydrogen-bond acceptors (Lipinski definition) is 8. The van der Waals surface area contributed by atoms with Gasteiger partial charge in [-0.3, -0.25) is 14.6 Å². The molecule has 1 saturated heterocycles. The number of likely N-dealkylation sites (tertiary alicyclic amines) is 1. The molecule has 198 valence electrons. The molecule has 0 aliphatic carbocycles. The minimum atomic E-state index is -0.831. The van der Waals surface area contributed by atoms with E-state index in [0.717, 1.165) is 0 Å². The van der Waals surface area contributed by atoms with Crippen molar-refractivity contribution in [2.24, 2.45) is 0 Å². The molecule has 0 spiro atoms. The number of halogens is 1. The molecule has 2 atom stereocenters. The van der Waals surface area contributed by atoms with Crippen LogP contribution >= 0.6 is 0 Å². The first-order chi connectivity index (χ1) is 18.3. The molecule has 0 radical (unpaired) electrons. The zero-order valence-electron chi connectivity index (χ0n) is 21.3. The standard InChI is InChI=1S/C28H28FN3O6/c1-32-15-12-21(20(16-32)31-27(34)18-10-13-30-14-11-18)38-28(35)19-6-4-17(5-7-19)26(33)24-22(36-2)8-9-23(37-3)25(24)29/h4-11,13-14,20-21H,12,15-16H2,1-3H3,(H,31,34)/t20-,21-/m1/s1. The van der Waals surface area contributed by atoms with Crippen molar-refractivity contribution < 1.29 is 33.0 Å². The van der Waals surface area contributed by atoms with Gasteiger partial charge in [-0.05, 0) is 49.9 Å². The molecule has 0 bridgehead atoms. The first-order valence-corrected chi connectivity index (χ1v) is 12.0. The summed E-state index contributed by atoms with van der Waals surface area (Å²) in [5, 5.41) is 2.95. The minimum Gasteiger partial charge on any atom is -0.496 e. The van der Waals surface area contributed by atoms with Crippen LogP contribution in [0, 0.1) is 5.82 Å². The van der Waals surface area contributed by atoms with E-state index in [4.69, 9.17) is 14.2 Å². The molecule has 10 heteroatoms. The predicted molar refractivity (Wildman–Crippen MR) is 136 cm³/mol. The number of methoxy groups -OCH3 is 2. The van der Waals surface area contributed by atoms with E-state index in [9.17, 15) is 18.8 Å². The fourth-order valence-corrected chi connectivity index (χ4v) is 4.31. The molecule has 1 aromatic heterocycles. The van der Waals surface area contributed by atoms with E-state index < -0.39 is 29.7 Å². The maximum atomic E-state index is 14.9. The summed E-state index contributed by atoms with van der Waals surface area (Å²) in [4.78, 5) is 44.7. The summed E-state index contributed by atoms with van der Waals surface area (Å²) in [7, 11) is 4.57. The SMILES string of the molecule is COc1ccc(OC)c(C(=O)c2ccc(C(=O)O[C@@H]3CCN(C)C[C@H]3NC(=O)c3ccncc3)cc2)c1F. The highest BCUT2D eigenvalue weighted by Gasteiger charge is 2.32. The summed E-state index contributed by atoms with van der Waals surface area (Å²) in [5.74, 6) is -2.34. The van der Waals surface area contributed by atoms with Gasteiger partial charge >= 0.3 is 5.97 Å². The molecule has 2 heterocycles. The maximum Gasteiger partial charge on any atom is 0.338 e. The lowest BCUT2D eigenvalue weighted by Gasteiger charge is -2.36. The quantitative estimate of drug-likeness (QED) is 0.356. The molecule has 4 rings (SSSR count). The van der Waals surface area contributed by atoms with Gasteiger partial charge in [-0.2, -0.15) is 0 Å². The number of esters is 1. The van der Waals surface area contributed by atoms with E-state index in [1.54, 1.807) is 12.1 Å². The van der Waals surface area contributed by atoms with Crippen LogP contribution in [0.25, 0.3) is 0 Å². The zero-order valence-corrected chi connectivity index (χ0v) is 21.3. The summed E-state index contributed by atoms with van der Waals surface area (Å²) < 4.78 is 30.8. The van der Waals surface area contributed by atoms with Gasteiger partial charge in [0.1, 0.15) is 17.4 Å². The molecular formula is C28H28FN3O6. The van der Waals surface area contributed by atoms with Gasteiger partial charge in [0.05, 0.1) is 25.8 Å². The molecule has 0 saturated carbocycles. The highest BCUT2D eigenvalue weighted by molar-refractivity contribution is 6.11. The van der Waals surface area contributed by atoms with Crippen LogP contribution in [0.15, 0.2) is 60.9 Å². The summed E-state index contributed by atoms with van der Waals surface area (Å²) >= 11 is 0. The molecule has 1 aliphatic rings. The van der Waals surface area contributed by atoms with Crippen LogP contribution < -0.4 is 14.8 Å². The molecular weight excluding hydrogens is 493 g/mol. The highest BCUT2D eigenvalue weighted by Crippen LogP contribution is 2.31. The molecule has 1 N–H and O–H groups in total. The predicted octanol–water partition coefficient (Wildman–Crippen LogP) is 3.13. The number of carbonyl (C=O) groups is 3. The van der Waals surface area contributed by atoms with Crippen molar-refractivity contribution in [1.82, 2.24) is 15.2 Å². The smallest absolute Gasteiger partial charge is 0.338 e. The van der Waals surface area contributed by atoms with Crippen LogP contribution in [-0.4, -0.2) is 74.0 Å². The number of nitrogens with one attached hydrogen (secondary N) is 1. The Morgan fingerprint density at radius 3 is 2.21 bits per heavy atom. The highest BCUT2D eigenvalue weighted by atomic mass is 19.1. The Labute approximate surface area is 219 Å². The van der Waals surface area contributed by atoms with Crippen molar-refractivity contribution in [3.63, 3.8) is 0 Å². The van der Waals surface area contributed by atoms with Crippen molar-refractivity contribution in [2.45, 2.75) is 18.6 Å². The normalized spacial score (nSPS) is 17.4. The Hall–Kier alpha value is -4.31. The van der Waals surface area contributed by atoms with Crippen LogP contribution in [0.1, 0.15) is 43.1 Å². The van der Waals surface area contributed by atoms with Gasteiger partial charge in [0.25, 0.3) is 5.91 Å². The average molecular weight is 522 g/mol. The number of nitrogens with zero attached hydrogens (tertiary/aromatic N) is 2. The van der Waals surface area contributed by atoms with E-state index in [1.807, 2.05) is 11.9 Å². The van der Waals surface area contributed by atoms with Gasteiger partial charge in [0.2, 0.25) is 0 Å². The number of ether oxygens (including phenoxy) is 3. The lowest BCUT2D eigenvalue weighted by molar-refractivity contribution is 0.000419. The third-order valence-electron chi connectivity index (χ3n) is 6.39. The summed E-state index contributed by atoms with van der Waals surface area (Å²) in [6, 6.07) is 11.4. The minimum absolute atomic E-state index is 0.0684. The van der Waals surface area contributed by atoms with E-state index in [1.165, 1.54) is 63.0 Å². The molecule has 0 unspecified atom stereocenters. The van der Waals surface area contributed by atoms with Crippen LogP contribution in [-0.2, 0) is 4.74 Å². The Morgan fingerprint density at radius 2 is 1.55 bits per heavy atom. The lowest BCUT2D eigenvalue weighted by Crippen LogP contribution is -2.55. The Balaban J connectivity index is 1.47. The van der Waals surface area contributed by atoms with Gasteiger partial charge in [-0.25, -0.2) is 9.18 Å². The number of piperidine rings is 1. The monoisotopic (exact) mass is 521 g/mol. The van der Waals surface area contributed by atoms with Crippen LogP contribution in [0.2, 0.25) is 0 Å². The van der Waals surface area contributed by atoms with Gasteiger partial charge < -0.3 is 24.4 Å². The van der Waals surface area contributed by atoms with Crippen molar-refractivity contribution in [1.29, 1.82) is 0 Å². The molecule has 1 amide bonds. The number of aromatic nitrogens is 1. The average Bonchev–Trinajstić information content (AvgIpc) is 2.94. The van der Waals surface area contributed by atoms with Crippen LogP contribution in [0.3, 0.4) is 0 Å². The van der Waals surface area contributed by atoms with Crippen molar-refractivity contribution >= 4 is 17.7 Å². The topological polar surface area (TPSA) is 107 Å². The zero-order chi connectivity index (χ0) is 27.2. The van der Waals surface area contributed by atoms with E-state index in [2.05, 4.69) is 10.3 Å². The van der Waals surface area contributed by atoms with Gasteiger partial charge in [0.15, 0.2) is 17.3 Å². The third kappa shape index (κ3) is 5.81. The van der Waals surface area contributed by atoms with Gasteiger partial charge in [-0.15, -0.1) is 0 Å². The van der Waals surface area contributed by atoms with Crippen molar-refractivity contribution in [2.75, 3.05) is 34.4 Å². The van der Waals surface area contributed by atoms with E-state index in [0.29, 0.717) is 25.1 Å². The Morgan fingerprint density at radius 1 is 0.921 bits per heavy atom. The molecule has 2 aromatic carbocycles. The largest absolute Gasteiger partial charge is 0.496 e. The molecule has 1 fully saturated rings. The summed E-state index contributed by atoms with van der Waals surface area (Å²) in [6.07, 6.45) is 3.06. The summed E-state index contributed by atoms with van der Waals surface area (Å²) in [6.45, 7) is 1.21. The molecule has 38 heavy (non-hydrogen) atoms. The Bertz CT molecular complexity index is 1320. The number of hydrogen-bond donors (Lipinski definition) is 1. The lowest BCUT2D eigenvalue weighted by atomic mass is 10.00. The number of pyridine rings is 1.